The number of nitro groups is 1. The second-order valence-electron chi connectivity index (χ2n) is 3.41. The van der Waals surface area contributed by atoms with Crippen LogP contribution in [0.15, 0.2) is 0 Å². The van der Waals surface area contributed by atoms with Gasteiger partial charge in [-0.2, -0.15) is 0 Å². The van der Waals surface area contributed by atoms with Crippen LogP contribution in [0.3, 0.4) is 0 Å². The molecule has 0 radical (unpaired) electrons. The molecule has 0 saturated heterocycles. The minimum absolute atomic E-state index is 0.00220. The van der Waals surface area contributed by atoms with Crippen molar-refractivity contribution in [2.24, 2.45) is 5.92 Å². The molecule has 78 valence electrons. The largest absolute Gasteiger partial charge is 0.381 e. The second-order valence-corrected chi connectivity index (χ2v) is 3.41. The van der Waals surface area contributed by atoms with Crippen molar-refractivity contribution in [2.75, 3.05) is 13.7 Å². The Labute approximate surface area is 79.4 Å². The zero-order chi connectivity index (χ0) is 10.3. The van der Waals surface area contributed by atoms with Crippen molar-refractivity contribution < 1.29 is 9.66 Å². The van der Waals surface area contributed by atoms with Crippen molar-refractivity contribution in [1.82, 2.24) is 0 Å². The van der Waals surface area contributed by atoms with E-state index in [0.717, 1.165) is 19.3 Å². The standard InChI is InChI=1S/C9H19NO3/c1-4-5-6-9(13-3)8(2)7-10(11)12/h8-9H,4-7H2,1-3H3/t8-,9+/m1/s1. The Morgan fingerprint density at radius 3 is 2.54 bits per heavy atom. The van der Waals surface area contributed by atoms with Gasteiger partial charge >= 0.3 is 0 Å². The first kappa shape index (κ1) is 12.4. The fraction of sp³-hybridized carbons (Fsp3) is 1.00. The molecule has 0 amide bonds. The topological polar surface area (TPSA) is 52.4 Å². The minimum atomic E-state index is -0.275. The molecule has 0 bridgehead atoms. The molecule has 0 unspecified atom stereocenters. The summed E-state index contributed by atoms with van der Waals surface area (Å²) < 4.78 is 5.21. The fourth-order valence-corrected chi connectivity index (χ4v) is 1.39. The van der Waals surface area contributed by atoms with E-state index in [-0.39, 0.29) is 23.5 Å². The Balaban J connectivity index is 3.83. The van der Waals surface area contributed by atoms with E-state index in [2.05, 4.69) is 6.92 Å². The summed E-state index contributed by atoms with van der Waals surface area (Å²) in [6.07, 6.45) is 3.12. The number of hydrogen-bond donors (Lipinski definition) is 0. The number of ether oxygens (including phenoxy) is 1. The van der Waals surface area contributed by atoms with Gasteiger partial charge in [0.15, 0.2) is 0 Å². The van der Waals surface area contributed by atoms with Crippen LogP contribution in [0, 0.1) is 16.0 Å². The highest BCUT2D eigenvalue weighted by atomic mass is 16.6. The fourth-order valence-electron chi connectivity index (χ4n) is 1.39. The number of rotatable bonds is 7. The summed E-state index contributed by atoms with van der Waals surface area (Å²) in [5, 5.41) is 10.3. The van der Waals surface area contributed by atoms with E-state index < -0.39 is 0 Å². The maximum atomic E-state index is 10.3. The molecule has 0 aromatic carbocycles. The lowest BCUT2D eigenvalue weighted by molar-refractivity contribution is -0.489. The quantitative estimate of drug-likeness (QED) is 0.455. The molecule has 0 rings (SSSR count). The molecule has 0 aliphatic carbocycles. The predicted molar refractivity (Wildman–Crippen MR) is 51.3 cm³/mol. The predicted octanol–water partition coefficient (Wildman–Crippen LogP) is 2.10. The highest BCUT2D eigenvalue weighted by Crippen LogP contribution is 2.13. The molecule has 0 fully saturated rings. The van der Waals surface area contributed by atoms with E-state index in [1.54, 1.807) is 7.11 Å². The molecule has 0 heterocycles. The molecule has 4 nitrogen and oxygen atoms in total. The van der Waals surface area contributed by atoms with Crippen molar-refractivity contribution in [3.63, 3.8) is 0 Å². The lowest BCUT2D eigenvalue weighted by Crippen LogP contribution is -2.26. The summed E-state index contributed by atoms with van der Waals surface area (Å²) in [5.74, 6) is 0.00606. The third-order valence-electron chi connectivity index (χ3n) is 2.22. The molecule has 0 aliphatic rings. The van der Waals surface area contributed by atoms with Gasteiger partial charge in [0.1, 0.15) is 0 Å². The van der Waals surface area contributed by atoms with Gasteiger partial charge in [-0.05, 0) is 6.42 Å². The second kappa shape index (κ2) is 6.83. The Kier molecular flexibility index (Phi) is 6.49. The lowest BCUT2D eigenvalue weighted by atomic mass is 10.00. The third-order valence-corrected chi connectivity index (χ3v) is 2.22. The van der Waals surface area contributed by atoms with E-state index in [0.29, 0.717) is 0 Å². The molecule has 2 atom stereocenters. The Hall–Kier alpha value is -0.640. The highest BCUT2D eigenvalue weighted by molar-refractivity contribution is 4.65. The van der Waals surface area contributed by atoms with Crippen LogP contribution in [0.2, 0.25) is 0 Å². The average Bonchev–Trinajstić information content (AvgIpc) is 2.04. The van der Waals surface area contributed by atoms with E-state index in [4.69, 9.17) is 4.74 Å². The minimum Gasteiger partial charge on any atom is -0.381 e. The monoisotopic (exact) mass is 189 g/mol. The van der Waals surface area contributed by atoms with Crippen LogP contribution in [0.5, 0.6) is 0 Å². The zero-order valence-corrected chi connectivity index (χ0v) is 8.66. The summed E-state index contributed by atoms with van der Waals surface area (Å²) in [4.78, 5) is 9.98. The number of hydrogen-bond acceptors (Lipinski definition) is 3. The normalized spacial score (nSPS) is 15.3. The molecule has 13 heavy (non-hydrogen) atoms. The molecular weight excluding hydrogens is 170 g/mol. The van der Waals surface area contributed by atoms with Gasteiger partial charge < -0.3 is 4.74 Å². The van der Waals surface area contributed by atoms with Gasteiger partial charge in [-0.3, -0.25) is 10.1 Å². The SMILES string of the molecule is CCCC[C@H](OC)[C@H](C)C[N+](=O)[O-]. The third kappa shape index (κ3) is 5.58. The molecule has 0 N–H and O–H groups in total. The first-order valence-corrected chi connectivity index (χ1v) is 4.76. The van der Waals surface area contributed by atoms with Crippen molar-refractivity contribution in [3.05, 3.63) is 10.1 Å². The van der Waals surface area contributed by atoms with E-state index in [1.165, 1.54) is 0 Å². The lowest BCUT2D eigenvalue weighted by Gasteiger charge is -2.19. The summed E-state index contributed by atoms with van der Waals surface area (Å²) in [7, 11) is 1.62. The van der Waals surface area contributed by atoms with Crippen molar-refractivity contribution in [1.29, 1.82) is 0 Å². The van der Waals surface area contributed by atoms with Crippen LogP contribution in [0.1, 0.15) is 33.1 Å². The van der Waals surface area contributed by atoms with Crippen LogP contribution in [0.4, 0.5) is 0 Å². The van der Waals surface area contributed by atoms with Gasteiger partial charge in [0.05, 0.1) is 6.10 Å². The number of unbranched alkanes of at least 4 members (excludes halogenated alkanes) is 1. The smallest absolute Gasteiger partial charge is 0.208 e. The van der Waals surface area contributed by atoms with Crippen LogP contribution in [-0.4, -0.2) is 24.7 Å². The van der Waals surface area contributed by atoms with Crippen LogP contribution < -0.4 is 0 Å². The van der Waals surface area contributed by atoms with Gasteiger partial charge in [0.2, 0.25) is 6.54 Å². The summed E-state index contributed by atoms with van der Waals surface area (Å²) in [5.41, 5.74) is 0. The van der Waals surface area contributed by atoms with Gasteiger partial charge in [0.25, 0.3) is 0 Å². The van der Waals surface area contributed by atoms with Gasteiger partial charge in [-0.15, -0.1) is 0 Å². The molecule has 0 aromatic rings. The number of methoxy groups -OCH3 is 1. The van der Waals surface area contributed by atoms with Crippen LogP contribution in [-0.2, 0) is 4.74 Å². The Bertz CT molecular complexity index is 150. The van der Waals surface area contributed by atoms with Crippen molar-refractivity contribution in [2.45, 2.75) is 39.2 Å². The zero-order valence-electron chi connectivity index (χ0n) is 8.66. The van der Waals surface area contributed by atoms with Gasteiger partial charge in [0, 0.05) is 18.0 Å². The summed E-state index contributed by atoms with van der Waals surface area (Å²) in [6, 6.07) is 0. The molecule has 4 heteroatoms. The molecule has 0 saturated carbocycles. The maximum Gasteiger partial charge on any atom is 0.208 e. The van der Waals surface area contributed by atoms with Crippen molar-refractivity contribution in [3.8, 4) is 0 Å². The van der Waals surface area contributed by atoms with E-state index in [1.807, 2.05) is 6.92 Å². The molecular formula is C9H19NO3. The van der Waals surface area contributed by atoms with E-state index in [9.17, 15) is 10.1 Å². The maximum absolute atomic E-state index is 10.3. The average molecular weight is 189 g/mol. The summed E-state index contributed by atoms with van der Waals surface area (Å²) >= 11 is 0. The molecule has 0 aromatic heterocycles. The Morgan fingerprint density at radius 1 is 1.54 bits per heavy atom. The Morgan fingerprint density at radius 2 is 2.15 bits per heavy atom. The summed E-state index contributed by atoms with van der Waals surface area (Å²) in [6.45, 7) is 3.97. The van der Waals surface area contributed by atoms with Gasteiger partial charge in [-0.1, -0.05) is 26.7 Å². The van der Waals surface area contributed by atoms with Gasteiger partial charge in [-0.25, -0.2) is 0 Å². The molecule has 0 aliphatic heterocycles. The first-order valence-electron chi connectivity index (χ1n) is 4.76. The number of nitrogens with zero attached hydrogens (tertiary/aromatic N) is 1. The van der Waals surface area contributed by atoms with Crippen LogP contribution in [0.25, 0.3) is 0 Å². The van der Waals surface area contributed by atoms with Crippen molar-refractivity contribution >= 4 is 0 Å². The van der Waals surface area contributed by atoms with E-state index >= 15 is 0 Å². The first-order chi connectivity index (χ1) is 6.11. The highest BCUT2D eigenvalue weighted by Gasteiger charge is 2.20. The molecule has 0 spiro atoms. The van der Waals surface area contributed by atoms with Crippen LogP contribution >= 0.6 is 0 Å².